The number of hydrogen-bond donors (Lipinski definition) is 0. The molecule has 0 unspecified atom stereocenters. The molecule has 0 aromatic rings. The van der Waals surface area contributed by atoms with Crippen LogP contribution in [0.2, 0.25) is 0 Å². The van der Waals surface area contributed by atoms with E-state index in [4.69, 9.17) is 0 Å². The third-order valence-corrected chi connectivity index (χ3v) is 9.78. The summed E-state index contributed by atoms with van der Waals surface area (Å²) in [6.45, 7) is 14.6. The maximum Gasteiger partial charge on any atom is 0.155 e. The van der Waals surface area contributed by atoms with Crippen LogP contribution in [0.4, 0.5) is 0 Å². The van der Waals surface area contributed by atoms with Crippen LogP contribution in [0.25, 0.3) is 0 Å². The van der Waals surface area contributed by atoms with Crippen molar-refractivity contribution >= 4 is 5.78 Å². The Morgan fingerprint density at radius 3 is 2.45 bits per heavy atom. The molecule has 0 aromatic carbocycles. The fraction of sp³-hybridized carbons (Fsp3) is 0.750. The van der Waals surface area contributed by atoms with E-state index in [1.807, 2.05) is 11.6 Å². The van der Waals surface area contributed by atoms with E-state index in [-0.39, 0.29) is 5.41 Å². The van der Waals surface area contributed by atoms with Crippen molar-refractivity contribution in [2.75, 3.05) is 0 Å². The number of hydrogen-bond acceptors (Lipinski definition) is 1. The molecule has 4 aliphatic rings. The molecule has 160 valence electrons. The molecule has 0 aromatic heterocycles. The third-order valence-electron chi connectivity index (χ3n) is 9.78. The first-order valence-corrected chi connectivity index (χ1v) is 12.3. The molecular formula is C28H42O. The van der Waals surface area contributed by atoms with Crippen molar-refractivity contribution in [1.29, 1.82) is 0 Å². The summed E-state index contributed by atoms with van der Waals surface area (Å²) in [6, 6.07) is 0. The Bertz CT molecular complexity index is 765. The molecule has 4 aliphatic carbocycles. The molecule has 0 spiro atoms. The summed E-state index contributed by atoms with van der Waals surface area (Å²) in [5, 5.41) is 0. The highest BCUT2D eigenvalue weighted by Crippen LogP contribution is 2.65. The van der Waals surface area contributed by atoms with E-state index < -0.39 is 0 Å². The van der Waals surface area contributed by atoms with E-state index in [9.17, 15) is 4.79 Å². The van der Waals surface area contributed by atoms with E-state index in [2.05, 4.69) is 53.7 Å². The van der Waals surface area contributed by atoms with Crippen molar-refractivity contribution in [2.24, 2.45) is 40.4 Å². The highest BCUT2D eigenvalue weighted by Gasteiger charge is 2.54. The number of ketones is 1. The van der Waals surface area contributed by atoms with E-state index in [1.165, 1.54) is 37.7 Å². The van der Waals surface area contributed by atoms with E-state index >= 15 is 0 Å². The predicted octanol–water partition coefficient (Wildman–Crippen LogP) is 7.68. The summed E-state index contributed by atoms with van der Waals surface area (Å²) in [5.41, 5.74) is 5.68. The van der Waals surface area contributed by atoms with Gasteiger partial charge in [-0.15, -0.1) is 0 Å². The van der Waals surface area contributed by atoms with Gasteiger partial charge in [-0.05, 0) is 86.0 Å². The quantitative estimate of drug-likeness (QED) is 0.447. The zero-order valence-electron chi connectivity index (χ0n) is 19.7. The van der Waals surface area contributed by atoms with Crippen LogP contribution in [0.3, 0.4) is 0 Å². The molecule has 1 fully saturated rings. The van der Waals surface area contributed by atoms with E-state index in [1.54, 1.807) is 5.57 Å². The lowest BCUT2D eigenvalue weighted by Crippen LogP contribution is -2.41. The zero-order valence-corrected chi connectivity index (χ0v) is 19.7. The third kappa shape index (κ3) is 3.41. The van der Waals surface area contributed by atoms with Crippen LogP contribution in [0.1, 0.15) is 92.9 Å². The summed E-state index contributed by atoms with van der Waals surface area (Å²) < 4.78 is 0. The molecule has 29 heavy (non-hydrogen) atoms. The minimum atomic E-state index is 0.194. The minimum absolute atomic E-state index is 0.194. The first kappa shape index (κ1) is 21.1. The van der Waals surface area contributed by atoms with Crippen LogP contribution in [0, 0.1) is 40.4 Å². The highest BCUT2D eigenvalue weighted by molar-refractivity contribution is 5.92. The van der Waals surface area contributed by atoms with Gasteiger partial charge in [-0.2, -0.15) is 0 Å². The van der Waals surface area contributed by atoms with E-state index in [0.717, 1.165) is 37.0 Å². The second-order valence-electron chi connectivity index (χ2n) is 11.6. The number of fused-ring (bicyclic) bond motifs is 4. The molecule has 1 nitrogen and oxygen atoms in total. The Morgan fingerprint density at radius 2 is 1.72 bits per heavy atom. The van der Waals surface area contributed by atoms with Gasteiger partial charge in [0.2, 0.25) is 0 Å². The summed E-state index contributed by atoms with van der Waals surface area (Å²) in [5.74, 6) is 4.02. The maximum absolute atomic E-state index is 12.0. The van der Waals surface area contributed by atoms with Crippen LogP contribution in [-0.4, -0.2) is 5.78 Å². The SMILES string of the molecule is CC(C)[C@@H](C)/C=C/[C@@H](C)[C@H]1CC[C@H]2C3=C(CC[C@]12C)[C@@]1(C)CCC(=O)C=C1CC3. The lowest BCUT2D eigenvalue weighted by atomic mass is 9.53. The molecular weight excluding hydrogens is 352 g/mol. The second kappa shape index (κ2) is 7.54. The normalized spacial score (nSPS) is 39.3. The zero-order chi connectivity index (χ0) is 21.0. The summed E-state index contributed by atoms with van der Waals surface area (Å²) in [7, 11) is 0. The monoisotopic (exact) mass is 394 g/mol. The van der Waals surface area contributed by atoms with Crippen LogP contribution >= 0.6 is 0 Å². The Morgan fingerprint density at radius 1 is 0.966 bits per heavy atom. The van der Waals surface area contributed by atoms with Crippen molar-refractivity contribution in [3.63, 3.8) is 0 Å². The predicted molar refractivity (Wildman–Crippen MR) is 123 cm³/mol. The highest BCUT2D eigenvalue weighted by atomic mass is 16.1. The van der Waals surface area contributed by atoms with Crippen LogP contribution < -0.4 is 0 Å². The van der Waals surface area contributed by atoms with E-state index in [0.29, 0.717) is 23.0 Å². The Balaban J connectivity index is 1.60. The van der Waals surface area contributed by atoms with Gasteiger partial charge in [-0.25, -0.2) is 0 Å². The van der Waals surface area contributed by atoms with Gasteiger partial charge >= 0.3 is 0 Å². The molecule has 0 aliphatic heterocycles. The first-order valence-electron chi connectivity index (χ1n) is 12.3. The second-order valence-corrected chi connectivity index (χ2v) is 11.6. The van der Waals surface area contributed by atoms with Gasteiger partial charge < -0.3 is 0 Å². The van der Waals surface area contributed by atoms with Crippen LogP contribution in [0.5, 0.6) is 0 Å². The lowest BCUT2D eigenvalue weighted by Gasteiger charge is -2.52. The summed E-state index contributed by atoms with van der Waals surface area (Å²) in [6.07, 6.45) is 16.6. The Labute approximate surface area is 179 Å². The van der Waals surface area contributed by atoms with Crippen molar-refractivity contribution in [3.8, 4) is 0 Å². The first-order chi connectivity index (χ1) is 13.7. The van der Waals surface area contributed by atoms with Crippen LogP contribution in [0.15, 0.2) is 34.9 Å². The number of carbonyl (C=O) groups is 1. The molecule has 0 bridgehead atoms. The number of allylic oxidation sites excluding steroid dienone is 6. The van der Waals surface area contributed by atoms with Gasteiger partial charge in [0.05, 0.1) is 0 Å². The van der Waals surface area contributed by atoms with Crippen molar-refractivity contribution in [3.05, 3.63) is 34.9 Å². The van der Waals surface area contributed by atoms with Gasteiger partial charge in [0.1, 0.15) is 0 Å². The summed E-state index contributed by atoms with van der Waals surface area (Å²) >= 11 is 0. The van der Waals surface area contributed by atoms with Gasteiger partial charge in [-0.1, -0.05) is 70.4 Å². The van der Waals surface area contributed by atoms with Gasteiger partial charge in [0.25, 0.3) is 0 Å². The van der Waals surface area contributed by atoms with Crippen molar-refractivity contribution < 1.29 is 4.79 Å². The molecule has 6 atom stereocenters. The maximum atomic E-state index is 12.0. The molecule has 1 heteroatoms. The minimum Gasteiger partial charge on any atom is -0.295 e. The fourth-order valence-electron chi connectivity index (χ4n) is 7.41. The summed E-state index contributed by atoms with van der Waals surface area (Å²) in [4.78, 5) is 12.0. The van der Waals surface area contributed by atoms with Gasteiger partial charge in [-0.3, -0.25) is 4.79 Å². The fourth-order valence-corrected chi connectivity index (χ4v) is 7.41. The molecule has 0 radical (unpaired) electrons. The number of carbonyl (C=O) groups excluding carboxylic acids is 1. The van der Waals surface area contributed by atoms with Crippen LogP contribution in [-0.2, 0) is 4.79 Å². The largest absolute Gasteiger partial charge is 0.295 e. The van der Waals surface area contributed by atoms with Crippen molar-refractivity contribution in [2.45, 2.75) is 92.9 Å². The molecule has 0 amide bonds. The number of rotatable bonds is 4. The van der Waals surface area contributed by atoms with Crippen molar-refractivity contribution in [1.82, 2.24) is 0 Å². The molecule has 4 rings (SSSR count). The lowest BCUT2D eigenvalue weighted by molar-refractivity contribution is -0.115. The topological polar surface area (TPSA) is 17.1 Å². The van der Waals surface area contributed by atoms with Gasteiger partial charge in [0, 0.05) is 11.8 Å². The smallest absolute Gasteiger partial charge is 0.155 e. The average Bonchev–Trinajstić information content (AvgIpc) is 3.03. The molecule has 1 saturated carbocycles. The standard InChI is InChI=1S/C28H42O/c1-18(2)19(3)7-8-20(4)24-11-12-25-23-10-9-21-17-22(29)13-15-27(21,5)26(23)14-16-28(24,25)6/h7-8,17-20,24-25H,9-16H2,1-6H3/b8-7+/t19-,20+,24+,25-,27-,28+/m0/s1. The Hall–Kier alpha value is -1.11. The molecule has 0 N–H and O–H groups in total. The molecule has 0 heterocycles. The molecule has 0 saturated heterocycles. The average molecular weight is 395 g/mol. The Kier molecular flexibility index (Phi) is 5.50. The van der Waals surface area contributed by atoms with Gasteiger partial charge in [0.15, 0.2) is 5.78 Å².